The van der Waals surface area contributed by atoms with E-state index in [-0.39, 0.29) is 36.1 Å². The number of benzene rings is 1. The fourth-order valence-electron chi connectivity index (χ4n) is 5.79. The molecule has 0 bridgehead atoms. The standard InChI is InChI=1S/C28H40N4O7S/c1-20-7-9-22(10-8-20)40(37,38)32-16-3-5-24(32)27(35)29-23(28(36)39-2)11-12-26(34)30-17-13-21(14-18-30)19-31-15-4-6-25(31)33/h7-10,21,23-24H,3-6,11-19H2,1-2H3,(H,29,35)/t23-,24-/m0/s1. The summed E-state index contributed by atoms with van der Waals surface area (Å²) in [6.45, 7) is 4.81. The first-order chi connectivity index (χ1) is 19.1. The highest BCUT2D eigenvalue weighted by atomic mass is 32.2. The normalized spacial score (nSPS) is 21.4. The Bertz CT molecular complexity index is 1200. The van der Waals surface area contributed by atoms with Gasteiger partial charge in [0.1, 0.15) is 12.1 Å². The van der Waals surface area contributed by atoms with Gasteiger partial charge >= 0.3 is 5.97 Å². The number of carbonyl (C=O) groups excluding carboxylic acids is 4. The smallest absolute Gasteiger partial charge is 0.328 e. The molecule has 0 spiro atoms. The molecule has 4 rings (SSSR count). The van der Waals surface area contributed by atoms with Crippen LogP contribution in [0, 0.1) is 12.8 Å². The molecule has 3 amide bonds. The van der Waals surface area contributed by atoms with E-state index in [4.69, 9.17) is 4.74 Å². The number of ether oxygens (including phenoxy) is 1. The van der Waals surface area contributed by atoms with E-state index in [2.05, 4.69) is 5.32 Å². The van der Waals surface area contributed by atoms with Crippen molar-refractivity contribution in [3.63, 3.8) is 0 Å². The van der Waals surface area contributed by atoms with Crippen molar-refractivity contribution in [1.29, 1.82) is 0 Å². The molecule has 1 N–H and O–H groups in total. The Morgan fingerprint density at radius 3 is 2.35 bits per heavy atom. The van der Waals surface area contributed by atoms with Crippen molar-refractivity contribution in [3.8, 4) is 0 Å². The van der Waals surface area contributed by atoms with Crippen molar-refractivity contribution in [3.05, 3.63) is 29.8 Å². The number of aryl methyl sites for hydroxylation is 1. The molecule has 0 saturated carbocycles. The van der Waals surface area contributed by atoms with Crippen LogP contribution in [0.2, 0.25) is 0 Å². The average molecular weight is 577 g/mol. The predicted molar refractivity (Wildman–Crippen MR) is 146 cm³/mol. The minimum Gasteiger partial charge on any atom is -0.467 e. The molecule has 1 aromatic carbocycles. The summed E-state index contributed by atoms with van der Waals surface area (Å²) in [4.78, 5) is 54.4. The molecule has 0 aliphatic carbocycles. The molecule has 2 atom stereocenters. The topological polar surface area (TPSA) is 133 Å². The molecule has 40 heavy (non-hydrogen) atoms. The highest BCUT2D eigenvalue weighted by Crippen LogP contribution is 2.27. The molecule has 11 nitrogen and oxygen atoms in total. The molecule has 220 valence electrons. The second kappa shape index (κ2) is 13.1. The summed E-state index contributed by atoms with van der Waals surface area (Å²) in [6, 6.07) is 4.45. The third-order valence-electron chi connectivity index (χ3n) is 8.20. The van der Waals surface area contributed by atoms with Gasteiger partial charge in [0.05, 0.1) is 12.0 Å². The van der Waals surface area contributed by atoms with E-state index in [9.17, 15) is 27.6 Å². The van der Waals surface area contributed by atoms with Gasteiger partial charge < -0.3 is 19.9 Å². The molecule has 3 heterocycles. The molecule has 3 aliphatic heterocycles. The van der Waals surface area contributed by atoms with E-state index in [1.54, 1.807) is 17.0 Å². The molecular weight excluding hydrogens is 536 g/mol. The Labute approximate surface area is 236 Å². The van der Waals surface area contributed by atoms with Crippen molar-refractivity contribution in [2.24, 2.45) is 5.92 Å². The molecule has 3 aliphatic rings. The average Bonchev–Trinajstić information content (AvgIpc) is 3.61. The van der Waals surface area contributed by atoms with Crippen molar-refractivity contribution < 1.29 is 32.3 Å². The first-order valence-electron chi connectivity index (χ1n) is 14.1. The van der Waals surface area contributed by atoms with Gasteiger partial charge in [-0.1, -0.05) is 17.7 Å². The van der Waals surface area contributed by atoms with E-state index in [0.717, 1.165) is 37.9 Å². The van der Waals surface area contributed by atoms with Gasteiger partial charge in [0.25, 0.3) is 0 Å². The predicted octanol–water partition coefficient (Wildman–Crippen LogP) is 1.45. The van der Waals surface area contributed by atoms with Crippen molar-refractivity contribution in [2.75, 3.05) is 39.8 Å². The van der Waals surface area contributed by atoms with E-state index >= 15 is 0 Å². The van der Waals surface area contributed by atoms with Gasteiger partial charge in [-0.15, -0.1) is 0 Å². The van der Waals surface area contributed by atoms with E-state index < -0.39 is 34.0 Å². The number of sulfonamides is 1. The van der Waals surface area contributed by atoms with Crippen LogP contribution in [0.1, 0.15) is 56.9 Å². The fraction of sp³-hybridized carbons (Fsp3) is 0.643. The third kappa shape index (κ3) is 7.01. The SMILES string of the molecule is COC(=O)[C@H](CCC(=O)N1CCC(CN2CCCC2=O)CC1)NC(=O)[C@@H]1CCCN1S(=O)(=O)c1ccc(C)cc1. The number of nitrogens with zero attached hydrogens (tertiary/aromatic N) is 3. The first-order valence-corrected chi connectivity index (χ1v) is 15.6. The van der Waals surface area contributed by atoms with Gasteiger partial charge in [-0.2, -0.15) is 4.31 Å². The van der Waals surface area contributed by atoms with Gasteiger partial charge in [0, 0.05) is 45.6 Å². The van der Waals surface area contributed by atoms with Crippen molar-refractivity contribution in [2.45, 2.75) is 75.3 Å². The van der Waals surface area contributed by atoms with Crippen LogP contribution in [-0.2, 0) is 33.9 Å². The Morgan fingerprint density at radius 1 is 1.02 bits per heavy atom. The van der Waals surface area contributed by atoms with Crippen LogP contribution in [0.4, 0.5) is 0 Å². The van der Waals surface area contributed by atoms with Gasteiger partial charge in [-0.05, 0) is 63.5 Å². The van der Waals surface area contributed by atoms with Crippen LogP contribution in [0.25, 0.3) is 0 Å². The Hall–Kier alpha value is -2.99. The first kappa shape index (κ1) is 30.0. The van der Waals surface area contributed by atoms with Gasteiger partial charge in [0.15, 0.2) is 0 Å². The molecule has 1 aromatic rings. The minimum atomic E-state index is -3.89. The second-order valence-corrected chi connectivity index (χ2v) is 12.9. The summed E-state index contributed by atoms with van der Waals surface area (Å²) in [5.41, 5.74) is 0.924. The summed E-state index contributed by atoms with van der Waals surface area (Å²) < 4.78 is 32.6. The van der Waals surface area contributed by atoms with Crippen LogP contribution in [0.15, 0.2) is 29.2 Å². The Balaban J connectivity index is 1.31. The molecule has 3 saturated heterocycles. The zero-order chi connectivity index (χ0) is 28.9. The van der Waals surface area contributed by atoms with Crippen molar-refractivity contribution >= 4 is 33.7 Å². The third-order valence-corrected chi connectivity index (χ3v) is 10.1. The number of amides is 3. The summed E-state index contributed by atoms with van der Waals surface area (Å²) in [5.74, 6) is -0.778. The van der Waals surface area contributed by atoms with Crippen LogP contribution >= 0.6 is 0 Å². The van der Waals surface area contributed by atoms with Crippen molar-refractivity contribution in [1.82, 2.24) is 19.4 Å². The zero-order valence-electron chi connectivity index (χ0n) is 23.3. The fourth-order valence-corrected chi connectivity index (χ4v) is 7.45. The van der Waals surface area contributed by atoms with Crippen LogP contribution in [0.3, 0.4) is 0 Å². The Morgan fingerprint density at radius 2 is 1.73 bits per heavy atom. The molecule has 0 radical (unpaired) electrons. The van der Waals surface area contributed by atoms with Gasteiger partial charge in [0.2, 0.25) is 27.7 Å². The zero-order valence-corrected chi connectivity index (χ0v) is 24.2. The van der Waals surface area contributed by atoms with Gasteiger partial charge in [-0.25, -0.2) is 13.2 Å². The molecule has 12 heteroatoms. The number of nitrogens with one attached hydrogen (secondary N) is 1. The quantitative estimate of drug-likeness (QED) is 0.417. The number of esters is 1. The number of piperidine rings is 1. The molecule has 0 aromatic heterocycles. The lowest BCUT2D eigenvalue weighted by molar-refractivity contribution is -0.146. The summed E-state index contributed by atoms with van der Waals surface area (Å²) in [7, 11) is -2.68. The lowest BCUT2D eigenvalue weighted by Gasteiger charge is -2.34. The summed E-state index contributed by atoms with van der Waals surface area (Å²) in [6.07, 6.45) is 4.13. The number of likely N-dealkylation sites (tertiary alicyclic amines) is 2. The highest BCUT2D eigenvalue weighted by molar-refractivity contribution is 7.89. The van der Waals surface area contributed by atoms with Crippen LogP contribution in [-0.4, -0.2) is 98.1 Å². The molecule has 0 unspecified atom stereocenters. The lowest BCUT2D eigenvalue weighted by Crippen LogP contribution is -2.51. The summed E-state index contributed by atoms with van der Waals surface area (Å²) >= 11 is 0. The Kier molecular flexibility index (Phi) is 9.83. The van der Waals surface area contributed by atoms with Crippen LogP contribution < -0.4 is 5.32 Å². The van der Waals surface area contributed by atoms with E-state index in [1.807, 2.05) is 11.8 Å². The number of methoxy groups -OCH3 is 1. The maximum Gasteiger partial charge on any atom is 0.328 e. The number of carbonyl (C=O) groups is 4. The summed E-state index contributed by atoms with van der Waals surface area (Å²) in [5, 5.41) is 2.65. The maximum absolute atomic E-state index is 13.2. The monoisotopic (exact) mass is 576 g/mol. The number of rotatable bonds is 10. The van der Waals surface area contributed by atoms with Gasteiger partial charge in [-0.3, -0.25) is 14.4 Å². The molecule has 3 fully saturated rings. The lowest BCUT2D eigenvalue weighted by atomic mass is 9.95. The highest BCUT2D eigenvalue weighted by Gasteiger charge is 2.40. The largest absolute Gasteiger partial charge is 0.467 e. The molecular formula is C28H40N4O7S. The number of hydrogen-bond donors (Lipinski definition) is 1. The maximum atomic E-state index is 13.2. The van der Waals surface area contributed by atoms with Crippen LogP contribution in [0.5, 0.6) is 0 Å². The minimum absolute atomic E-state index is 0.0470. The van der Waals surface area contributed by atoms with E-state index in [1.165, 1.54) is 23.5 Å². The number of hydrogen-bond acceptors (Lipinski definition) is 7. The van der Waals surface area contributed by atoms with E-state index in [0.29, 0.717) is 38.3 Å². The second-order valence-electron chi connectivity index (χ2n) is 11.0.